The van der Waals surface area contributed by atoms with Crippen molar-refractivity contribution < 1.29 is 69.0 Å². The fraction of sp³-hybridized carbons (Fsp3) is 0.761. The maximum absolute atomic E-state index is 12.1. The van der Waals surface area contributed by atoms with Crippen LogP contribution in [0.5, 0.6) is 0 Å². The fourth-order valence-electron chi connectivity index (χ4n) is 6.64. The highest BCUT2D eigenvalue weighted by atomic mass is 16.7. The number of carbonyl (C=O) groups excluding carboxylic acids is 1. The summed E-state index contributed by atoms with van der Waals surface area (Å²) in [5.41, 5.74) is 0. The highest BCUT2D eigenvalue weighted by Gasteiger charge is 2.47. The van der Waals surface area contributed by atoms with Gasteiger partial charge in [-0.25, -0.2) is 0 Å². The molecule has 60 heavy (non-hydrogen) atoms. The van der Waals surface area contributed by atoms with Crippen molar-refractivity contribution in [3.63, 3.8) is 0 Å². The number of rotatable bonds is 33. The molecule has 14 nitrogen and oxygen atoms in total. The number of carbonyl (C=O) groups is 1. The number of hydrogen-bond donors (Lipinski definition) is 7. The van der Waals surface area contributed by atoms with Gasteiger partial charge in [-0.3, -0.25) is 4.79 Å². The summed E-state index contributed by atoms with van der Waals surface area (Å²) < 4.78 is 33.4. The van der Waals surface area contributed by atoms with Crippen LogP contribution in [0.2, 0.25) is 0 Å². The average Bonchev–Trinajstić information content (AvgIpc) is 3.25. The van der Waals surface area contributed by atoms with E-state index in [1.54, 1.807) is 6.92 Å². The van der Waals surface area contributed by atoms with Crippen LogP contribution in [-0.4, -0.2) is 142 Å². The number of hydrogen-bond acceptors (Lipinski definition) is 14. The van der Waals surface area contributed by atoms with Crippen molar-refractivity contribution in [2.24, 2.45) is 0 Å². The largest absolute Gasteiger partial charge is 0.457 e. The zero-order valence-corrected chi connectivity index (χ0v) is 36.2. The third kappa shape index (κ3) is 22.7. The summed E-state index contributed by atoms with van der Waals surface area (Å²) in [5, 5.41) is 71.2. The molecule has 0 saturated carbocycles. The molecule has 2 aliphatic rings. The summed E-state index contributed by atoms with van der Waals surface area (Å²) in [5.74, 6) is -0.469. The van der Waals surface area contributed by atoms with Crippen LogP contribution in [0.3, 0.4) is 0 Å². The van der Waals surface area contributed by atoms with E-state index in [4.69, 9.17) is 28.4 Å². The third-order valence-corrected chi connectivity index (χ3v) is 10.3. The van der Waals surface area contributed by atoms with E-state index in [-0.39, 0.29) is 19.6 Å². The summed E-state index contributed by atoms with van der Waals surface area (Å²) in [7, 11) is 0. The summed E-state index contributed by atoms with van der Waals surface area (Å²) in [6, 6.07) is 0. The maximum atomic E-state index is 12.1. The molecule has 0 spiro atoms. The Morgan fingerprint density at radius 1 is 0.550 bits per heavy atom. The van der Waals surface area contributed by atoms with Crippen LogP contribution in [0.1, 0.15) is 123 Å². The maximum Gasteiger partial charge on any atom is 0.305 e. The number of ether oxygens (including phenoxy) is 6. The number of esters is 1. The Bertz CT molecular complexity index is 1220. The zero-order valence-electron chi connectivity index (χ0n) is 36.2. The van der Waals surface area contributed by atoms with Crippen molar-refractivity contribution >= 4 is 5.97 Å². The van der Waals surface area contributed by atoms with Gasteiger partial charge in [0.25, 0.3) is 0 Å². The Balaban J connectivity index is 1.53. The molecule has 0 aliphatic carbocycles. The second kappa shape index (κ2) is 34.2. The predicted molar refractivity (Wildman–Crippen MR) is 229 cm³/mol. The number of unbranched alkanes of at least 4 members (excludes halogenated alkanes) is 10. The van der Waals surface area contributed by atoms with E-state index in [1.807, 2.05) is 0 Å². The van der Waals surface area contributed by atoms with Crippen molar-refractivity contribution in [3.8, 4) is 0 Å². The summed E-state index contributed by atoms with van der Waals surface area (Å²) >= 11 is 0. The lowest BCUT2D eigenvalue weighted by atomic mass is 9.98. The van der Waals surface area contributed by atoms with E-state index in [0.717, 1.165) is 57.8 Å². The zero-order chi connectivity index (χ0) is 43.8. The standard InChI is InChI=1S/C46H78O14/c1-3-5-6-7-8-9-10-11-12-13-14-15-16-17-18-19-20-21-22-23-24-25-26-27-28-29-30-55-32-35(58-38(48)4-2)33-56-45-44(54)42(52)40(50)37(60-45)34-57-46-43(53)41(51)39(49)36(31-47)59-46/h5-6,8-9,11-12,14-15,17-18,35-37,39-47,49-54H,3-4,7,10,13,16,19-34H2,1-2H3/b6-5-,9-8-,12-11-,15-14-,18-17-. The first kappa shape index (κ1) is 53.8. The summed E-state index contributed by atoms with van der Waals surface area (Å²) in [4.78, 5) is 12.1. The van der Waals surface area contributed by atoms with Crippen molar-refractivity contribution in [2.75, 3.05) is 33.0 Å². The molecule has 2 saturated heterocycles. The molecule has 0 radical (unpaired) electrons. The summed E-state index contributed by atoms with van der Waals surface area (Å²) in [6.07, 6.45) is 24.2. The van der Waals surface area contributed by atoms with Gasteiger partial charge in [0.2, 0.25) is 0 Å². The van der Waals surface area contributed by atoms with Gasteiger partial charge in [0, 0.05) is 13.0 Å². The van der Waals surface area contributed by atoms with Crippen molar-refractivity contribution in [2.45, 2.75) is 191 Å². The molecular formula is C46H78O14. The lowest BCUT2D eigenvalue weighted by Gasteiger charge is -2.42. The lowest BCUT2D eigenvalue weighted by Crippen LogP contribution is -2.61. The smallest absolute Gasteiger partial charge is 0.305 e. The fourth-order valence-corrected chi connectivity index (χ4v) is 6.64. The topological polar surface area (TPSA) is 214 Å². The van der Waals surface area contributed by atoms with Gasteiger partial charge in [0.1, 0.15) is 54.9 Å². The molecular weight excluding hydrogens is 776 g/mol. The first-order valence-corrected chi connectivity index (χ1v) is 22.4. The van der Waals surface area contributed by atoms with Crippen molar-refractivity contribution in [1.29, 1.82) is 0 Å². The van der Waals surface area contributed by atoms with Crippen LogP contribution in [0.25, 0.3) is 0 Å². The van der Waals surface area contributed by atoms with Crippen molar-refractivity contribution in [1.82, 2.24) is 0 Å². The second-order valence-electron chi connectivity index (χ2n) is 15.5. The second-order valence-corrected chi connectivity index (χ2v) is 15.5. The minimum Gasteiger partial charge on any atom is -0.457 e. The van der Waals surface area contributed by atoms with E-state index in [0.29, 0.717) is 6.61 Å². The highest BCUT2D eigenvalue weighted by molar-refractivity contribution is 5.69. The minimum absolute atomic E-state index is 0.0461. The first-order chi connectivity index (χ1) is 29.1. The van der Waals surface area contributed by atoms with Gasteiger partial charge in [0.05, 0.1) is 26.4 Å². The minimum atomic E-state index is -1.70. The van der Waals surface area contributed by atoms with E-state index in [9.17, 15) is 40.5 Å². The Labute approximate surface area is 358 Å². The van der Waals surface area contributed by atoms with Gasteiger partial charge in [-0.1, -0.05) is 126 Å². The molecule has 2 heterocycles. The Hall–Kier alpha value is -2.31. The highest BCUT2D eigenvalue weighted by Crippen LogP contribution is 2.26. The third-order valence-electron chi connectivity index (χ3n) is 10.3. The Morgan fingerprint density at radius 2 is 1.02 bits per heavy atom. The van der Waals surface area contributed by atoms with Gasteiger partial charge < -0.3 is 64.2 Å². The number of allylic oxidation sites excluding steroid dienone is 10. The summed E-state index contributed by atoms with van der Waals surface area (Å²) in [6.45, 7) is 2.95. The van der Waals surface area contributed by atoms with E-state index >= 15 is 0 Å². The van der Waals surface area contributed by atoms with Crippen molar-refractivity contribution in [3.05, 3.63) is 60.8 Å². The monoisotopic (exact) mass is 855 g/mol. The van der Waals surface area contributed by atoms with Crippen LogP contribution >= 0.6 is 0 Å². The molecule has 2 fully saturated rings. The molecule has 2 rings (SSSR count). The number of aliphatic hydroxyl groups excluding tert-OH is 7. The van der Waals surface area contributed by atoms with Crippen LogP contribution in [0, 0.1) is 0 Å². The van der Waals surface area contributed by atoms with Crippen LogP contribution in [-0.2, 0) is 33.2 Å². The van der Waals surface area contributed by atoms with Gasteiger partial charge in [0.15, 0.2) is 12.6 Å². The van der Waals surface area contributed by atoms with Gasteiger partial charge >= 0.3 is 5.97 Å². The predicted octanol–water partition coefficient (Wildman–Crippen LogP) is 5.01. The Kier molecular flexibility index (Phi) is 30.7. The molecule has 0 aromatic heterocycles. The number of aliphatic hydroxyl groups is 7. The molecule has 0 bridgehead atoms. The molecule has 7 N–H and O–H groups in total. The van der Waals surface area contributed by atoms with E-state index in [1.165, 1.54) is 44.9 Å². The van der Waals surface area contributed by atoms with Crippen LogP contribution < -0.4 is 0 Å². The van der Waals surface area contributed by atoms with Crippen LogP contribution in [0.15, 0.2) is 60.8 Å². The van der Waals surface area contributed by atoms with E-state index in [2.05, 4.69) is 67.7 Å². The first-order valence-electron chi connectivity index (χ1n) is 22.4. The van der Waals surface area contributed by atoms with Crippen LogP contribution in [0.4, 0.5) is 0 Å². The van der Waals surface area contributed by atoms with Gasteiger partial charge in [-0.2, -0.15) is 0 Å². The molecule has 14 heteroatoms. The average molecular weight is 855 g/mol. The molecule has 11 unspecified atom stereocenters. The molecule has 11 atom stereocenters. The molecule has 0 aromatic rings. The molecule has 0 amide bonds. The molecule has 346 valence electrons. The van der Waals surface area contributed by atoms with Gasteiger partial charge in [-0.15, -0.1) is 0 Å². The lowest BCUT2D eigenvalue weighted by molar-refractivity contribution is -0.332. The molecule has 2 aliphatic heterocycles. The Morgan fingerprint density at radius 3 is 1.55 bits per heavy atom. The van der Waals surface area contributed by atoms with Gasteiger partial charge in [-0.05, 0) is 51.4 Å². The SMILES string of the molecule is CC/C=C\C/C=C\C/C=C\C/C=C\C/C=C\CCCCCCCCCCCCOCC(COC1OC(COC2OC(CO)C(O)C(O)C2O)C(O)C(O)C1O)OC(=O)CC. The normalized spacial score (nSPS) is 28.3. The van der Waals surface area contributed by atoms with E-state index < -0.39 is 86.7 Å². The molecule has 0 aromatic carbocycles. The quantitative estimate of drug-likeness (QED) is 0.0263.